The predicted molar refractivity (Wildman–Crippen MR) is 146 cm³/mol. The number of anilines is 1. The molecule has 9 heteroatoms. The van der Waals surface area contributed by atoms with E-state index in [1.165, 1.54) is 5.69 Å². The van der Waals surface area contributed by atoms with Crippen LogP contribution in [0.15, 0.2) is 59.6 Å². The third-order valence-electron chi connectivity index (χ3n) is 5.94. The molecule has 8 nitrogen and oxygen atoms in total. The second-order valence-corrected chi connectivity index (χ2v) is 8.38. The first-order valence-corrected chi connectivity index (χ1v) is 11.6. The number of carbonyl (C=O) groups is 2. The van der Waals surface area contributed by atoms with Crippen molar-refractivity contribution in [1.82, 2.24) is 20.9 Å². The summed E-state index contributed by atoms with van der Waals surface area (Å²) in [5.41, 5.74) is 2.87. The lowest BCUT2D eigenvalue weighted by Gasteiger charge is -2.26. The largest absolute Gasteiger partial charge is 0.369 e. The van der Waals surface area contributed by atoms with E-state index in [-0.39, 0.29) is 42.3 Å². The Morgan fingerprint density at radius 1 is 1.12 bits per heavy atom. The summed E-state index contributed by atoms with van der Waals surface area (Å²) < 4.78 is 0. The van der Waals surface area contributed by atoms with Crippen LogP contribution in [-0.2, 0) is 11.3 Å². The molecule has 2 aliphatic heterocycles. The van der Waals surface area contributed by atoms with Crippen LogP contribution in [0.25, 0.3) is 0 Å². The second-order valence-electron chi connectivity index (χ2n) is 8.38. The van der Waals surface area contributed by atoms with Crippen molar-refractivity contribution < 1.29 is 9.59 Å². The second kappa shape index (κ2) is 12.6. The SMILES string of the molecule is CCNC(=NCc1ccc(C(=O)N2CCNC(=O)C2)cc1)NC1CCN(c2ccccc2)C1.I. The molecule has 4 rings (SSSR count). The summed E-state index contributed by atoms with van der Waals surface area (Å²) in [4.78, 5) is 32.9. The summed E-state index contributed by atoms with van der Waals surface area (Å²) in [5.74, 6) is 0.578. The minimum absolute atomic E-state index is 0. The Balaban J connectivity index is 0.00000324. The number of benzene rings is 2. The first kappa shape index (κ1) is 25.8. The number of rotatable bonds is 6. The van der Waals surface area contributed by atoms with Crippen LogP contribution in [0.4, 0.5) is 5.69 Å². The van der Waals surface area contributed by atoms with Crippen molar-refractivity contribution in [2.24, 2.45) is 4.99 Å². The normalized spacial score (nSPS) is 18.2. The van der Waals surface area contributed by atoms with Gasteiger partial charge in [0.05, 0.1) is 13.1 Å². The highest BCUT2D eigenvalue weighted by atomic mass is 127. The van der Waals surface area contributed by atoms with E-state index in [9.17, 15) is 9.59 Å². The molecule has 0 aliphatic carbocycles. The fourth-order valence-electron chi connectivity index (χ4n) is 4.18. The molecule has 0 bridgehead atoms. The number of nitrogens with zero attached hydrogens (tertiary/aromatic N) is 3. The van der Waals surface area contributed by atoms with Gasteiger partial charge in [-0.2, -0.15) is 0 Å². The van der Waals surface area contributed by atoms with E-state index in [0.717, 1.165) is 37.6 Å². The molecule has 182 valence electrons. The quantitative estimate of drug-likeness (QED) is 0.279. The standard InChI is InChI=1S/C25H32N6O2.HI/c1-2-26-25(29-21-12-14-30(17-21)22-6-4-3-5-7-22)28-16-19-8-10-20(11-9-19)24(33)31-15-13-27-23(32)18-31;/h3-11,21H,2,12-18H2,1H3,(H,27,32)(H2,26,28,29);1H. The number of nitrogens with one attached hydrogen (secondary N) is 3. The fraction of sp³-hybridized carbons (Fsp3) is 0.400. The minimum atomic E-state index is -0.113. The van der Waals surface area contributed by atoms with E-state index in [1.54, 1.807) is 4.90 Å². The van der Waals surface area contributed by atoms with E-state index in [0.29, 0.717) is 31.2 Å². The Morgan fingerprint density at radius 3 is 2.59 bits per heavy atom. The minimum Gasteiger partial charge on any atom is -0.369 e. The molecule has 2 aromatic rings. The maximum absolute atomic E-state index is 12.6. The molecule has 2 fully saturated rings. The number of amides is 2. The number of hydrogen-bond donors (Lipinski definition) is 3. The first-order valence-electron chi connectivity index (χ1n) is 11.6. The molecule has 2 aromatic carbocycles. The predicted octanol–water partition coefficient (Wildman–Crippen LogP) is 2.21. The molecule has 1 unspecified atom stereocenters. The summed E-state index contributed by atoms with van der Waals surface area (Å²) in [5, 5.41) is 9.63. The highest BCUT2D eigenvalue weighted by Crippen LogP contribution is 2.19. The van der Waals surface area contributed by atoms with Crippen molar-refractivity contribution in [3.63, 3.8) is 0 Å². The van der Waals surface area contributed by atoms with Gasteiger partial charge < -0.3 is 25.8 Å². The van der Waals surface area contributed by atoms with Crippen molar-refractivity contribution in [1.29, 1.82) is 0 Å². The molecule has 2 saturated heterocycles. The lowest BCUT2D eigenvalue weighted by atomic mass is 10.1. The first-order chi connectivity index (χ1) is 16.1. The summed E-state index contributed by atoms with van der Waals surface area (Å²) >= 11 is 0. The maximum atomic E-state index is 12.6. The molecule has 0 aromatic heterocycles. The Bertz CT molecular complexity index is 983. The molecule has 0 radical (unpaired) electrons. The molecule has 0 spiro atoms. The van der Waals surface area contributed by atoms with Crippen LogP contribution in [0.2, 0.25) is 0 Å². The van der Waals surface area contributed by atoms with Crippen LogP contribution in [-0.4, -0.2) is 68.0 Å². The number of hydrogen-bond acceptors (Lipinski definition) is 4. The smallest absolute Gasteiger partial charge is 0.254 e. The molecular weight excluding hydrogens is 543 g/mol. The van der Waals surface area contributed by atoms with Gasteiger partial charge in [0.2, 0.25) is 5.91 Å². The van der Waals surface area contributed by atoms with Crippen molar-refractivity contribution >= 4 is 47.4 Å². The summed E-state index contributed by atoms with van der Waals surface area (Å²) in [6, 6.07) is 18.3. The van der Waals surface area contributed by atoms with Gasteiger partial charge in [-0.1, -0.05) is 30.3 Å². The highest BCUT2D eigenvalue weighted by Gasteiger charge is 2.24. The average molecular weight is 576 g/mol. The summed E-state index contributed by atoms with van der Waals surface area (Å²) in [7, 11) is 0. The number of para-hydroxylation sites is 1. The summed E-state index contributed by atoms with van der Waals surface area (Å²) in [6.45, 7) is 6.49. The Kier molecular flexibility index (Phi) is 9.55. The van der Waals surface area contributed by atoms with Gasteiger partial charge in [0.25, 0.3) is 5.91 Å². The summed E-state index contributed by atoms with van der Waals surface area (Å²) in [6.07, 6.45) is 1.06. The molecule has 2 amide bonds. The van der Waals surface area contributed by atoms with Gasteiger partial charge in [0, 0.05) is 50.0 Å². The van der Waals surface area contributed by atoms with Crippen LogP contribution >= 0.6 is 24.0 Å². The monoisotopic (exact) mass is 576 g/mol. The van der Waals surface area contributed by atoms with Gasteiger partial charge in [-0.3, -0.25) is 9.59 Å². The molecule has 0 saturated carbocycles. The molecule has 2 aliphatic rings. The zero-order valence-corrected chi connectivity index (χ0v) is 21.8. The fourth-order valence-corrected chi connectivity index (χ4v) is 4.18. The molecular formula is C25H33IN6O2. The molecule has 1 atom stereocenters. The van der Waals surface area contributed by atoms with E-state index >= 15 is 0 Å². The van der Waals surface area contributed by atoms with Crippen LogP contribution in [0.5, 0.6) is 0 Å². The van der Waals surface area contributed by atoms with Crippen LogP contribution in [0.1, 0.15) is 29.3 Å². The Hall–Kier alpha value is -2.82. The van der Waals surface area contributed by atoms with Crippen molar-refractivity contribution in [3.8, 4) is 0 Å². The van der Waals surface area contributed by atoms with E-state index in [2.05, 4.69) is 52.0 Å². The zero-order valence-electron chi connectivity index (χ0n) is 19.5. The lowest BCUT2D eigenvalue weighted by molar-refractivity contribution is -0.123. The van der Waals surface area contributed by atoms with Gasteiger partial charge in [-0.25, -0.2) is 4.99 Å². The van der Waals surface area contributed by atoms with Gasteiger partial charge in [-0.15, -0.1) is 24.0 Å². The molecule has 34 heavy (non-hydrogen) atoms. The number of piperazine rings is 1. The number of carbonyl (C=O) groups excluding carboxylic acids is 2. The molecule has 2 heterocycles. The van der Waals surface area contributed by atoms with Crippen LogP contribution < -0.4 is 20.9 Å². The van der Waals surface area contributed by atoms with Crippen molar-refractivity contribution in [2.75, 3.05) is 44.2 Å². The third kappa shape index (κ3) is 6.85. The van der Waals surface area contributed by atoms with Crippen molar-refractivity contribution in [2.45, 2.75) is 25.9 Å². The Labute approximate surface area is 218 Å². The highest BCUT2D eigenvalue weighted by molar-refractivity contribution is 14.0. The van der Waals surface area contributed by atoms with Crippen LogP contribution in [0, 0.1) is 0 Å². The number of halogens is 1. The van der Waals surface area contributed by atoms with Crippen LogP contribution in [0.3, 0.4) is 0 Å². The Morgan fingerprint density at radius 2 is 1.88 bits per heavy atom. The average Bonchev–Trinajstić information content (AvgIpc) is 3.32. The van der Waals surface area contributed by atoms with Gasteiger partial charge in [-0.05, 0) is 43.2 Å². The molecule has 3 N–H and O–H groups in total. The van der Waals surface area contributed by atoms with E-state index < -0.39 is 0 Å². The maximum Gasteiger partial charge on any atom is 0.254 e. The zero-order chi connectivity index (χ0) is 23.0. The van der Waals surface area contributed by atoms with Gasteiger partial charge >= 0.3 is 0 Å². The van der Waals surface area contributed by atoms with Crippen molar-refractivity contribution in [3.05, 3.63) is 65.7 Å². The third-order valence-corrected chi connectivity index (χ3v) is 5.94. The van der Waals surface area contributed by atoms with Gasteiger partial charge in [0.1, 0.15) is 0 Å². The van der Waals surface area contributed by atoms with Gasteiger partial charge in [0.15, 0.2) is 5.96 Å². The lowest BCUT2D eigenvalue weighted by Crippen LogP contribution is -2.49. The van der Waals surface area contributed by atoms with E-state index in [1.807, 2.05) is 30.3 Å². The number of aliphatic imine (C=N–C) groups is 1. The topological polar surface area (TPSA) is 89.1 Å². The number of guanidine groups is 1. The van der Waals surface area contributed by atoms with E-state index in [4.69, 9.17) is 4.99 Å².